The zero-order valence-electron chi connectivity index (χ0n) is 17.6. The summed E-state index contributed by atoms with van der Waals surface area (Å²) in [5, 5.41) is 3.98. The first-order valence-corrected chi connectivity index (χ1v) is 11.3. The summed E-state index contributed by atoms with van der Waals surface area (Å²) in [6, 6.07) is 12.3. The van der Waals surface area contributed by atoms with Crippen LogP contribution in [-0.2, 0) is 17.1 Å². The van der Waals surface area contributed by atoms with Gasteiger partial charge in [0.25, 0.3) is 0 Å². The summed E-state index contributed by atoms with van der Waals surface area (Å²) in [5.74, 6) is 0.161. The predicted octanol–water partition coefficient (Wildman–Crippen LogP) is 1.95. The van der Waals surface area contributed by atoms with Crippen molar-refractivity contribution in [2.75, 3.05) is 0 Å². The maximum atomic E-state index is 12.8. The Hall–Kier alpha value is -3.57. The predicted molar refractivity (Wildman–Crippen MR) is 117 cm³/mol. The number of benzene rings is 2. The molecule has 10 nitrogen and oxygen atoms in total. The van der Waals surface area contributed by atoms with Gasteiger partial charge in [-0.3, -0.25) is 9.59 Å². The lowest BCUT2D eigenvalue weighted by atomic mass is 10.1. The second-order valence-electron chi connectivity index (χ2n) is 7.66. The molecule has 0 saturated heterocycles. The maximum absolute atomic E-state index is 12.8. The van der Waals surface area contributed by atoms with Gasteiger partial charge >= 0.3 is 11.1 Å². The van der Waals surface area contributed by atoms with Crippen LogP contribution < -0.4 is 15.8 Å². The minimum atomic E-state index is -3.80. The van der Waals surface area contributed by atoms with Gasteiger partial charge in [0.1, 0.15) is 6.04 Å². The van der Waals surface area contributed by atoms with Crippen LogP contribution in [0.25, 0.3) is 22.4 Å². The molecule has 2 aromatic heterocycles. The molecular weight excluding hydrogens is 434 g/mol. The van der Waals surface area contributed by atoms with Crippen LogP contribution in [0.4, 0.5) is 0 Å². The van der Waals surface area contributed by atoms with Crippen LogP contribution in [0.3, 0.4) is 0 Å². The van der Waals surface area contributed by atoms with E-state index in [2.05, 4.69) is 19.8 Å². The number of aromatic nitrogens is 4. The van der Waals surface area contributed by atoms with Crippen molar-refractivity contribution in [2.24, 2.45) is 13.0 Å². The molecular formula is C21H21N5O5S. The van der Waals surface area contributed by atoms with Gasteiger partial charge < -0.3 is 14.1 Å². The van der Waals surface area contributed by atoms with Crippen LogP contribution in [0.1, 0.15) is 25.8 Å². The van der Waals surface area contributed by atoms with Crippen molar-refractivity contribution >= 4 is 21.1 Å². The lowest BCUT2D eigenvalue weighted by molar-refractivity contribution is 0.311. The highest BCUT2D eigenvalue weighted by atomic mass is 32.2. The molecule has 0 aliphatic heterocycles. The molecule has 0 fully saturated rings. The number of hydrogen-bond donors (Lipinski definition) is 2. The lowest BCUT2D eigenvalue weighted by Crippen LogP contribution is -2.34. The average Bonchev–Trinajstić information content (AvgIpc) is 3.26. The quantitative estimate of drug-likeness (QED) is 0.424. The summed E-state index contributed by atoms with van der Waals surface area (Å²) in [4.78, 5) is 30.7. The van der Waals surface area contributed by atoms with Gasteiger partial charge in [0.05, 0.1) is 15.9 Å². The number of aryl methyl sites for hydroxylation is 1. The van der Waals surface area contributed by atoms with Crippen molar-refractivity contribution in [3.8, 4) is 11.4 Å². The van der Waals surface area contributed by atoms with E-state index >= 15 is 0 Å². The first-order valence-electron chi connectivity index (χ1n) is 9.82. The van der Waals surface area contributed by atoms with Crippen LogP contribution in [0.5, 0.6) is 0 Å². The van der Waals surface area contributed by atoms with Crippen LogP contribution in [0.2, 0.25) is 0 Å². The maximum Gasteiger partial charge on any atom is 0.316 e. The molecule has 2 heterocycles. The van der Waals surface area contributed by atoms with Gasteiger partial charge in [0.15, 0.2) is 0 Å². The monoisotopic (exact) mass is 455 g/mol. The molecule has 1 unspecified atom stereocenters. The molecule has 32 heavy (non-hydrogen) atoms. The van der Waals surface area contributed by atoms with Crippen molar-refractivity contribution in [2.45, 2.75) is 24.8 Å². The van der Waals surface area contributed by atoms with E-state index in [1.165, 1.54) is 23.7 Å². The van der Waals surface area contributed by atoms with E-state index in [4.69, 9.17) is 4.52 Å². The van der Waals surface area contributed by atoms with E-state index < -0.39 is 27.2 Å². The molecule has 0 amide bonds. The highest BCUT2D eigenvalue weighted by Gasteiger charge is 2.28. The van der Waals surface area contributed by atoms with Gasteiger partial charge in [0.2, 0.25) is 21.7 Å². The first-order chi connectivity index (χ1) is 15.2. The number of rotatable bonds is 6. The van der Waals surface area contributed by atoms with Crippen molar-refractivity contribution in [1.82, 2.24) is 24.4 Å². The van der Waals surface area contributed by atoms with E-state index in [1.807, 2.05) is 13.8 Å². The average molecular weight is 455 g/mol. The smallest absolute Gasteiger partial charge is 0.316 e. The fourth-order valence-corrected chi connectivity index (χ4v) is 4.65. The van der Waals surface area contributed by atoms with Gasteiger partial charge in [-0.25, -0.2) is 8.42 Å². The number of aromatic amines is 1. The highest BCUT2D eigenvalue weighted by Crippen LogP contribution is 2.26. The largest absolute Gasteiger partial charge is 0.337 e. The summed E-state index contributed by atoms with van der Waals surface area (Å²) >= 11 is 0. The molecule has 2 N–H and O–H groups in total. The number of hydrogen-bond acceptors (Lipinski definition) is 7. The van der Waals surface area contributed by atoms with Crippen molar-refractivity contribution < 1.29 is 12.9 Å². The molecule has 0 saturated carbocycles. The van der Waals surface area contributed by atoms with E-state index in [9.17, 15) is 18.0 Å². The Labute approximate surface area is 183 Å². The van der Waals surface area contributed by atoms with Crippen LogP contribution in [-0.4, -0.2) is 28.1 Å². The van der Waals surface area contributed by atoms with Crippen LogP contribution in [0.15, 0.2) is 67.5 Å². The lowest BCUT2D eigenvalue weighted by Gasteiger charge is -2.18. The Bertz CT molecular complexity index is 1500. The second kappa shape index (κ2) is 8.17. The second-order valence-corrected chi connectivity index (χ2v) is 9.38. The standard InChI is InChI=1S/C21H21N5O5S/c1-12(2)17(25-32(29,30)14-7-5-4-6-8-14)20-23-18(24-31-20)13-9-10-16-15(11-13)22-19(27)21(28)26(16)3/h4-12,17,25H,1-3H3,(H,22,27). The number of fused-ring (bicyclic) bond motifs is 1. The fraction of sp³-hybridized carbons (Fsp3) is 0.238. The van der Waals surface area contributed by atoms with Crippen molar-refractivity contribution in [3.05, 3.63) is 75.1 Å². The molecule has 0 radical (unpaired) electrons. The molecule has 0 aliphatic rings. The molecule has 166 valence electrons. The first kappa shape index (κ1) is 21.7. The molecule has 0 aliphatic carbocycles. The van der Waals surface area contributed by atoms with E-state index in [0.29, 0.717) is 16.6 Å². The molecule has 0 bridgehead atoms. The van der Waals surface area contributed by atoms with Crippen molar-refractivity contribution in [1.29, 1.82) is 0 Å². The molecule has 2 aromatic carbocycles. The van der Waals surface area contributed by atoms with Crippen molar-refractivity contribution in [3.63, 3.8) is 0 Å². The molecule has 1 atom stereocenters. The Morgan fingerprint density at radius 3 is 2.50 bits per heavy atom. The number of nitrogens with zero attached hydrogens (tertiary/aromatic N) is 3. The van der Waals surface area contributed by atoms with Gasteiger partial charge in [-0.1, -0.05) is 37.2 Å². The van der Waals surface area contributed by atoms with E-state index in [1.54, 1.807) is 36.4 Å². The minimum Gasteiger partial charge on any atom is -0.337 e. The Balaban J connectivity index is 1.69. The fourth-order valence-electron chi connectivity index (χ4n) is 3.29. The summed E-state index contributed by atoms with van der Waals surface area (Å²) in [6.45, 7) is 3.67. The van der Waals surface area contributed by atoms with Gasteiger partial charge in [-0.05, 0) is 36.2 Å². The van der Waals surface area contributed by atoms with E-state index in [0.717, 1.165) is 0 Å². The Kier molecular flexibility index (Phi) is 5.53. The third-order valence-corrected chi connectivity index (χ3v) is 6.53. The molecule has 11 heteroatoms. The summed E-state index contributed by atoms with van der Waals surface area (Å²) in [6.07, 6.45) is 0. The van der Waals surface area contributed by atoms with Gasteiger partial charge in [0, 0.05) is 12.6 Å². The summed E-state index contributed by atoms with van der Waals surface area (Å²) < 4.78 is 34.8. The number of nitrogens with one attached hydrogen (secondary N) is 2. The number of sulfonamides is 1. The summed E-state index contributed by atoms with van der Waals surface area (Å²) in [5.41, 5.74) is 0.123. The number of H-pyrrole nitrogens is 1. The Morgan fingerprint density at radius 2 is 1.81 bits per heavy atom. The van der Waals surface area contributed by atoms with Crippen LogP contribution in [0, 0.1) is 5.92 Å². The Morgan fingerprint density at radius 1 is 1.09 bits per heavy atom. The van der Waals surface area contributed by atoms with Gasteiger partial charge in [-0.2, -0.15) is 9.71 Å². The topological polar surface area (TPSA) is 140 Å². The SMILES string of the molecule is CC(C)C(NS(=O)(=O)c1ccccc1)c1nc(-c2ccc3c(c2)[nH]c(=O)c(=O)n3C)no1. The highest BCUT2D eigenvalue weighted by molar-refractivity contribution is 7.89. The molecule has 4 rings (SSSR count). The minimum absolute atomic E-state index is 0.114. The zero-order valence-corrected chi connectivity index (χ0v) is 18.4. The molecule has 0 spiro atoms. The normalized spacial score (nSPS) is 13.0. The summed E-state index contributed by atoms with van der Waals surface area (Å²) in [7, 11) is -2.29. The molecule has 4 aromatic rings. The van der Waals surface area contributed by atoms with Gasteiger partial charge in [-0.15, -0.1) is 0 Å². The third-order valence-electron chi connectivity index (χ3n) is 5.07. The van der Waals surface area contributed by atoms with E-state index in [-0.39, 0.29) is 22.5 Å². The zero-order chi connectivity index (χ0) is 23.0. The third kappa shape index (κ3) is 3.99. The van der Waals surface area contributed by atoms with Crippen LogP contribution >= 0.6 is 0 Å².